The van der Waals surface area contributed by atoms with Gasteiger partial charge in [-0.1, -0.05) is 12.1 Å². The number of nitrogens with one attached hydrogen (secondary N) is 1. The van der Waals surface area contributed by atoms with Crippen LogP contribution in [0, 0.1) is 5.92 Å². The van der Waals surface area contributed by atoms with Gasteiger partial charge in [0.15, 0.2) is 5.82 Å². The summed E-state index contributed by atoms with van der Waals surface area (Å²) in [6.45, 7) is 1.72. The summed E-state index contributed by atoms with van der Waals surface area (Å²) in [6, 6.07) is 11.2. The summed E-state index contributed by atoms with van der Waals surface area (Å²) in [5.41, 5.74) is 1.05. The number of carbonyl (C=O) groups is 1. The van der Waals surface area contributed by atoms with E-state index in [1.165, 1.54) is 0 Å². The zero-order chi connectivity index (χ0) is 17.2. The summed E-state index contributed by atoms with van der Waals surface area (Å²) in [5, 5.41) is 20.9. The van der Waals surface area contributed by atoms with Crippen LogP contribution in [0.25, 0.3) is 0 Å². The highest BCUT2D eigenvalue weighted by molar-refractivity contribution is 5.83. The average Bonchev–Trinajstić information content (AvgIpc) is 3.44. The van der Waals surface area contributed by atoms with Crippen molar-refractivity contribution < 1.29 is 9.90 Å². The molecule has 1 aliphatic heterocycles. The zero-order valence-electron chi connectivity index (χ0n) is 14.0. The van der Waals surface area contributed by atoms with Crippen LogP contribution in [-0.4, -0.2) is 40.3 Å². The summed E-state index contributed by atoms with van der Waals surface area (Å²) in [5.74, 6) is 1.50. The molecule has 4 rings (SSSR count). The van der Waals surface area contributed by atoms with Crippen LogP contribution in [0.3, 0.4) is 0 Å². The number of phenols is 1. The molecule has 6 nitrogen and oxygen atoms in total. The van der Waals surface area contributed by atoms with E-state index < -0.39 is 0 Å². The number of amides is 1. The van der Waals surface area contributed by atoms with E-state index in [9.17, 15) is 9.90 Å². The van der Waals surface area contributed by atoms with Crippen molar-refractivity contribution in [2.45, 2.75) is 31.2 Å². The van der Waals surface area contributed by atoms with Crippen molar-refractivity contribution in [2.75, 3.05) is 18.0 Å². The number of rotatable bonds is 4. The topological polar surface area (TPSA) is 78.4 Å². The fourth-order valence-corrected chi connectivity index (χ4v) is 3.68. The standard InChI is InChI=1S/C19H22N4O2/c24-15-6-1-4-13(10-15)16-11-17(16)19(25)21-14-5-3-9-23(12-14)18-7-2-8-20-22-18/h1-2,4,6-8,10,14,16-17,24H,3,5,9,11-12H2,(H,21,25)/t14-,16+,17-/m0/s1. The molecule has 0 bridgehead atoms. The second-order valence-corrected chi connectivity index (χ2v) is 6.92. The summed E-state index contributed by atoms with van der Waals surface area (Å²) >= 11 is 0. The molecule has 1 aliphatic carbocycles. The maximum atomic E-state index is 12.6. The molecule has 3 atom stereocenters. The maximum absolute atomic E-state index is 12.6. The van der Waals surface area contributed by atoms with Gasteiger partial charge in [-0.2, -0.15) is 5.10 Å². The predicted octanol–water partition coefficient (Wildman–Crippen LogP) is 2.07. The Morgan fingerprint density at radius 2 is 2.20 bits per heavy atom. The smallest absolute Gasteiger partial charge is 0.224 e. The predicted molar refractivity (Wildman–Crippen MR) is 94.4 cm³/mol. The molecule has 1 aromatic heterocycles. The fraction of sp³-hybridized carbons (Fsp3) is 0.421. The Labute approximate surface area is 146 Å². The highest BCUT2D eigenvalue weighted by atomic mass is 16.3. The van der Waals surface area contributed by atoms with Crippen LogP contribution in [0.15, 0.2) is 42.6 Å². The summed E-state index contributed by atoms with van der Waals surface area (Å²) in [6.07, 6.45) is 4.55. The monoisotopic (exact) mass is 338 g/mol. The van der Waals surface area contributed by atoms with Gasteiger partial charge in [0.25, 0.3) is 0 Å². The second kappa shape index (κ2) is 6.70. The zero-order valence-corrected chi connectivity index (χ0v) is 14.0. The largest absolute Gasteiger partial charge is 0.508 e. The summed E-state index contributed by atoms with van der Waals surface area (Å²) in [7, 11) is 0. The molecule has 0 unspecified atom stereocenters. The summed E-state index contributed by atoms with van der Waals surface area (Å²) in [4.78, 5) is 14.7. The van der Waals surface area contributed by atoms with Crippen molar-refractivity contribution in [1.29, 1.82) is 0 Å². The fourth-order valence-electron chi connectivity index (χ4n) is 3.68. The molecule has 1 amide bonds. The van der Waals surface area contributed by atoms with Crippen molar-refractivity contribution in [3.8, 4) is 5.75 Å². The highest BCUT2D eigenvalue weighted by Gasteiger charge is 2.44. The van der Waals surface area contributed by atoms with E-state index in [1.807, 2.05) is 24.3 Å². The van der Waals surface area contributed by atoms with Crippen LogP contribution in [0.4, 0.5) is 5.82 Å². The molecule has 1 saturated heterocycles. The van der Waals surface area contributed by atoms with Gasteiger partial charge in [0.2, 0.25) is 5.91 Å². The van der Waals surface area contributed by atoms with Gasteiger partial charge >= 0.3 is 0 Å². The Hall–Kier alpha value is -2.63. The van der Waals surface area contributed by atoms with Gasteiger partial charge < -0.3 is 15.3 Å². The van der Waals surface area contributed by atoms with Crippen LogP contribution in [-0.2, 0) is 4.79 Å². The molecule has 1 saturated carbocycles. The molecule has 25 heavy (non-hydrogen) atoms. The molecule has 2 N–H and O–H groups in total. The van der Waals surface area contributed by atoms with E-state index in [4.69, 9.17) is 0 Å². The summed E-state index contributed by atoms with van der Waals surface area (Å²) < 4.78 is 0. The minimum absolute atomic E-state index is 0.0219. The number of hydrogen-bond donors (Lipinski definition) is 2. The Morgan fingerprint density at radius 3 is 3.00 bits per heavy atom. The lowest BCUT2D eigenvalue weighted by molar-refractivity contribution is -0.123. The minimum atomic E-state index is 0.0219. The lowest BCUT2D eigenvalue weighted by Gasteiger charge is -2.33. The van der Waals surface area contributed by atoms with Crippen LogP contribution in [0.5, 0.6) is 5.75 Å². The first-order chi connectivity index (χ1) is 12.2. The van der Waals surface area contributed by atoms with Crippen LogP contribution in [0.1, 0.15) is 30.7 Å². The molecular formula is C19H22N4O2. The van der Waals surface area contributed by atoms with Crippen molar-refractivity contribution in [2.24, 2.45) is 5.92 Å². The van der Waals surface area contributed by atoms with Crippen LogP contribution < -0.4 is 10.2 Å². The SMILES string of the molecule is O=C(N[C@H]1CCCN(c2cccnn2)C1)[C@H]1C[C@@H]1c1cccc(O)c1. The third-order valence-corrected chi connectivity index (χ3v) is 5.08. The van der Waals surface area contributed by atoms with Gasteiger partial charge in [0.05, 0.1) is 0 Å². The van der Waals surface area contributed by atoms with Gasteiger partial charge in [0.1, 0.15) is 5.75 Å². The third kappa shape index (κ3) is 3.57. The van der Waals surface area contributed by atoms with Gasteiger partial charge in [0, 0.05) is 31.2 Å². The lowest BCUT2D eigenvalue weighted by atomic mass is 10.0. The van der Waals surface area contributed by atoms with E-state index in [1.54, 1.807) is 18.3 Å². The molecule has 6 heteroatoms. The molecule has 1 aromatic carbocycles. The van der Waals surface area contributed by atoms with Crippen molar-refractivity contribution in [3.05, 3.63) is 48.2 Å². The molecule has 2 heterocycles. The van der Waals surface area contributed by atoms with Crippen LogP contribution >= 0.6 is 0 Å². The molecule has 2 fully saturated rings. The number of aromatic hydroxyl groups is 1. The number of nitrogens with zero attached hydrogens (tertiary/aromatic N) is 3. The number of hydrogen-bond acceptors (Lipinski definition) is 5. The van der Waals surface area contributed by atoms with E-state index in [0.717, 1.165) is 43.7 Å². The van der Waals surface area contributed by atoms with Crippen molar-refractivity contribution >= 4 is 11.7 Å². The number of anilines is 1. The second-order valence-electron chi connectivity index (χ2n) is 6.92. The number of benzene rings is 1. The van der Waals surface area contributed by atoms with E-state index in [-0.39, 0.29) is 29.5 Å². The van der Waals surface area contributed by atoms with Gasteiger partial charge in [-0.15, -0.1) is 5.10 Å². The van der Waals surface area contributed by atoms with Crippen LogP contribution in [0.2, 0.25) is 0 Å². The van der Waals surface area contributed by atoms with Gasteiger partial charge in [-0.25, -0.2) is 0 Å². The average molecular weight is 338 g/mol. The molecule has 0 spiro atoms. The lowest BCUT2D eigenvalue weighted by Crippen LogP contribution is -2.48. The number of piperidine rings is 1. The first-order valence-corrected chi connectivity index (χ1v) is 8.82. The molecule has 0 radical (unpaired) electrons. The molecule has 130 valence electrons. The Morgan fingerprint density at radius 1 is 1.28 bits per heavy atom. The normalized spacial score (nSPS) is 25.4. The van der Waals surface area contributed by atoms with Crippen molar-refractivity contribution in [1.82, 2.24) is 15.5 Å². The maximum Gasteiger partial charge on any atom is 0.224 e. The molecule has 2 aliphatic rings. The van der Waals surface area contributed by atoms with E-state index in [2.05, 4.69) is 20.4 Å². The number of carbonyl (C=O) groups excluding carboxylic acids is 1. The first kappa shape index (κ1) is 15.9. The first-order valence-electron chi connectivity index (χ1n) is 8.82. The highest BCUT2D eigenvalue weighted by Crippen LogP contribution is 2.48. The Bertz CT molecular complexity index is 752. The molecule has 2 aromatic rings. The number of phenolic OH excluding ortho intramolecular Hbond substituents is 1. The molecular weight excluding hydrogens is 316 g/mol. The van der Waals surface area contributed by atoms with Crippen molar-refractivity contribution in [3.63, 3.8) is 0 Å². The van der Waals surface area contributed by atoms with E-state index >= 15 is 0 Å². The van der Waals surface area contributed by atoms with Gasteiger partial charge in [-0.05, 0) is 55.0 Å². The number of aromatic nitrogens is 2. The minimum Gasteiger partial charge on any atom is -0.508 e. The third-order valence-electron chi connectivity index (χ3n) is 5.08. The Balaban J connectivity index is 1.34. The Kier molecular flexibility index (Phi) is 4.26. The quantitative estimate of drug-likeness (QED) is 0.892. The van der Waals surface area contributed by atoms with E-state index in [0.29, 0.717) is 0 Å². The van der Waals surface area contributed by atoms with Gasteiger partial charge in [-0.3, -0.25) is 4.79 Å².